The van der Waals surface area contributed by atoms with Crippen LogP contribution in [0.15, 0.2) is 28.7 Å². The van der Waals surface area contributed by atoms with Crippen LogP contribution in [-0.4, -0.2) is 10.2 Å². The van der Waals surface area contributed by atoms with Crippen molar-refractivity contribution < 1.29 is 17.6 Å². The summed E-state index contributed by atoms with van der Waals surface area (Å²) < 4.78 is 42.8. The van der Waals surface area contributed by atoms with Crippen LogP contribution in [0.25, 0.3) is 22.1 Å². The number of benzene rings is 1. The van der Waals surface area contributed by atoms with Gasteiger partial charge in [0.15, 0.2) is 11.3 Å². The zero-order valence-electron chi connectivity index (χ0n) is 7.80. The van der Waals surface area contributed by atoms with E-state index in [-0.39, 0.29) is 11.1 Å². The van der Waals surface area contributed by atoms with Gasteiger partial charge < -0.3 is 4.42 Å². The second-order valence-electron chi connectivity index (χ2n) is 3.37. The molecule has 0 saturated carbocycles. The third-order valence-electron chi connectivity index (χ3n) is 2.36. The van der Waals surface area contributed by atoms with Gasteiger partial charge >= 0.3 is 6.18 Å². The number of hydrogen-bond donors (Lipinski definition) is 1. The summed E-state index contributed by atoms with van der Waals surface area (Å²) in [5.74, 6) is 0. The topological polar surface area (TPSA) is 41.8 Å². The lowest BCUT2D eigenvalue weighted by molar-refractivity contribution is -0.140. The first kappa shape index (κ1) is 9.26. The van der Waals surface area contributed by atoms with E-state index in [9.17, 15) is 13.2 Å². The van der Waals surface area contributed by atoms with Gasteiger partial charge in [0, 0.05) is 5.39 Å². The number of H-pyrrole nitrogens is 1. The number of alkyl halides is 3. The summed E-state index contributed by atoms with van der Waals surface area (Å²) in [6, 6.07) is 6.69. The molecule has 0 bridgehead atoms. The van der Waals surface area contributed by atoms with Gasteiger partial charge in [-0.2, -0.15) is 18.3 Å². The number of hydrogen-bond acceptors (Lipinski definition) is 2. The number of para-hydroxylation sites is 1. The van der Waals surface area contributed by atoms with Crippen LogP contribution in [-0.2, 0) is 6.18 Å². The van der Waals surface area contributed by atoms with Crippen LogP contribution in [0.2, 0.25) is 0 Å². The van der Waals surface area contributed by atoms with Crippen molar-refractivity contribution in [1.82, 2.24) is 10.2 Å². The molecule has 2 aromatic heterocycles. The Morgan fingerprint density at radius 3 is 2.69 bits per heavy atom. The summed E-state index contributed by atoms with van der Waals surface area (Å²) in [5, 5.41) is 6.16. The minimum atomic E-state index is -4.48. The SMILES string of the molecule is FC(F)(F)c1[nH]nc2c1oc1ccccc12. The van der Waals surface area contributed by atoms with Crippen molar-refractivity contribution in [3.63, 3.8) is 0 Å². The van der Waals surface area contributed by atoms with E-state index < -0.39 is 11.9 Å². The van der Waals surface area contributed by atoms with Gasteiger partial charge in [-0.25, -0.2) is 0 Å². The maximum atomic E-state index is 12.5. The Balaban J connectivity index is 2.43. The van der Waals surface area contributed by atoms with Crippen molar-refractivity contribution in [1.29, 1.82) is 0 Å². The quantitative estimate of drug-likeness (QED) is 0.638. The van der Waals surface area contributed by atoms with Crippen LogP contribution in [0.5, 0.6) is 0 Å². The number of fused-ring (bicyclic) bond motifs is 3. The second kappa shape index (κ2) is 2.78. The fraction of sp³-hybridized carbons (Fsp3) is 0.100. The normalized spacial score (nSPS) is 12.7. The molecule has 0 fully saturated rings. The van der Waals surface area contributed by atoms with E-state index >= 15 is 0 Å². The van der Waals surface area contributed by atoms with E-state index in [0.29, 0.717) is 11.0 Å². The first-order valence-electron chi connectivity index (χ1n) is 4.50. The number of furan rings is 1. The molecule has 3 aromatic rings. The fourth-order valence-electron chi connectivity index (χ4n) is 1.67. The number of halogens is 3. The van der Waals surface area contributed by atoms with Gasteiger partial charge in [-0.3, -0.25) is 5.10 Å². The number of rotatable bonds is 0. The summed E-state index contributed by atoms with van der Waals surface area (Å²) in [4.78, 5) is 0. The molecule has 0 amide bonds. The monoisotopic (exact) mass is 226 g/mol. The van der Waals surface area contributed by atoms with Crippen molar-refractivity contribution in [2.45, 2.75) is 6.18 Å². The number of nitrogens with zero attached hydrogens (tertiary/aromatic N) is 1. The molecule has 6 heteroatoms. The first-order chi connectivity index (χ1) is 7.57. The molecule has 1 aromatic carbocycles. The predicted octanol–water partition coefficient (Wildman–Crippen LogP) is 3.33. The van der Waals surface area contributed by atoms with Gasteiger partial charge in [0.05, 0.1) is 0 Å². The average molecular weight is 226 g/mol. The molecule has 3 rings (SSSR count). The first-order valence-corrected chi connectivity index (χ1v) is 4.50. The molecule has 0 atom stereocenters. The summed E-state index contributed by atoms with van der Waals surface area (Å²) in [5.41, 5.74) is -0.574. The van der Waals surface area contributed by atoms with Crippen LogP contribution < -0.4 is 0 Å². The molecular formula is C10H5F3N2O. The molecule has 1 N–H and O–H groups in total. The highest BCUT2D eigenvalue weighted by Crippen LogP contribution is 2.36. The molecule has 0 spiro atoms. The van der Waals surface area contributed by atoms with Gasteiger partial charge in [-0.05, 0) is 12.1 Å². The lowest BCUT2D eigenvalue weighted by Gasteiger charge is -2.00. The van der Waals surface area contributed by atoms with Crippen LogP contribution >= 0.6 is 0 Å². The molecule has 0 unspecified atom stereocenters. The molecule has 2 heterocycles. The van der Waals surface area contributed by atoms with E-state index in [2.05, 4.69) is 5.10 Å². The minimum absolute atomic E-state index is 0.211. The standard InChI is InChI=1S/C10H5F3N2O/c11-10(12,13)9-8-7(14-15-9)5-3-1-2-4-6(5)16-8/h1-4H,(H,14,15). The maximum absolute atomic E-state index is 12.5. The Morgan fingerprint density at radius 2 is 1.94 bits per heavy atom. The largest absolute Gasteiger partial charge is 0.452 e. The molecule has 3 nitrogen and oxygen atoms in total. The van der Waals surface area contributed by atoms with Crippen LogP contribution in [0.4, 0.5) is 13.2 Å². The molecule has 0 aliphatic carbocycles. The Morgan fingerprint density at radius 1 is 1.19 bits per heavy atom. The fourth-order valence-corrected chi connectivity index (χ4v) is 1.67. The molecule has 0 saturated heterocycles. The molecule has 16 heavy (non-hydrogen) atoms. The third kappa shape index (κ3) is 1.13. The summed E-state index contributed by atoms with van der Waals surface area (Å²) >= 11 is 0. The maximum Gasteiger partial charge on any atom is 0.436 e. The van der Waals surface area contributed by atoms with Gasteiger partial charge in [0.1, 0.15) is 11.1 Å². The van der Waals surface area contributed by atoms with Gasteiger partial charge in [0.25, 0.3) is 0 Å². The van der Waals surface area contributed by atoms with Crippen LogP contribution in [0, 0.1) is 0 Å². The van der Waals surface area contributed by atoms with E-state index in [1.807, 2.05) is 5.10 Å². The highest BCUT2D eigenvalue weighted by molar-refractivity contribution is 6.03. The summed E-state index contributed by atoms with van der Waals surface area (Å²) in [6.07, 6.45) is -4.48. The molecule has 0 aliphatic rings. The Kier molecular flexibility index (Phi) is 1.61. The lowest BCUT2D eigenvalue weighted by atomic mass is 10.2. The smallest absolute Gasteiger partial charge is 0.436 e. The van der Waals surface area contributed by atoms with Crippen LogP contribution in [0.1, 0.15) is 5.69 Å². The highest BCUT2D eigenvalue weighted by Gasteiger charge is 2.37. The minimum Gasteiger partial charge on any atom is -0.452 e. The predicted molar refractivity (Wildman–Crippen MR) is 50.9 cm³/mol. The molecule has 0 radical (unpaired) electrons. The highest BCUT2D eigenvalue weighted by atomic mass is 19.4. The van der Waals surface area contributed by atoms with Crippen molar-refractivity contribution in [3.05, 3.63) is 30.0 Å². The third-order valence-corrected chi connectivity index (χ3v) is 2.36. The summed E-state index contributed by atoms with van der Waals surface area (Å²) in [6.45, 7) is 0. The Labute approximate surface area is 86.8 Å². The zero-order valence-corrected chi connectivity index (χ0v) is 7.80. The lowest BCUT2D eigenvalue weighted by Crippen LogP contribution is -2.05. The van der Waals surface area contributed by atoms with E-state index in [1.54, 1.807) is 24.3 Å². The molecule has 0 aliphatic heterocycles. The van der Waals surface area contributed by atoms with Crippen LogP contribution in [0.3, 0.4) is 0 Å². The number of aromatic amines is 1. The number of aromatic nitrogens is 2. The van der Waals surface area contributed by atoms with Gasteiger partial charge in [-0.15, -0.1) is 0 Å². The van der Waals surface area contributed by atoms with Crippen molar-refractivity contribution in [3.8, 4) is 0 Å². The van der Waals surface area contributed by atoms with E-state index in [0.717, 1.165) is 0 Å². The van der Waals surface area contributed by atoms with Crippen molar-refractivity contribution in [2.24, 2.45) is 0 Å². The zero-order chi connectivity index (χ0) is 11.3. The summed E-state index contributed by atoms with van der Waals surface area (Å²) in [7, 11) is 0. The Bertz CT molecular complexity index is 665. The van der Waals surface area contributed by atoms with Gasteiger partial charge in [0.2, 0.25) is 0 Å². The van der Waals surface area contributed by atoms with Gasteiger partial charge in [-0.1, -0.05) is 12.1 Å². The number of nitrogens with one attached hydrogen (secondary N) is 1. The average Bonchev–Trinajstić information content (AvgIpc) is 2.73. The van der Waals surface area contributed by atoms with Crippen molar-refractivity contribution in [2.75, 3.05) is 0 Å². The van der Waals surface area contributed by atoms with Crippen molar-refractivity contribution >= 4 is 22.1 Å². The second-order valence-corrected chi connectivity index (χ2v) is 3.37. The van der Waals surface area contributed by atoms with E-state index in [1.165, 1.54) is 0 Å². The molecule has 82 valence electrons. The van der Waals surface area contributed by atoms with E-state index in [4.69, 9.17) is 4.42 Å². The molecular weight excluding hydrogens is 221 g/mol. The Hall–Kier alpha value is -1.98.